The van der Waals surface area contributed by atoms with Crippen LogP contribution in [0.3, 0.4) is 0 Å². The van der Waals surface area contributed by atoms with Crippen LogP contribution in [0.5, 0.6) is 5.75 Å². The van der Waals surface area contributed by atoms with Crippen molar-refractivity contribution in [1.82, 2.24) is 5.32 Å². The van der Waals surface area contributed by atoms with E-state index in [9.17, 15) is 0 Å². The molecule has 0 spiro atoms. The SMILES string of the molecule is CCOc1ccc(CNC2CC(C)CC(C)C2)cc1. The Morgan fingerprint density at radius 3 is 2.26 bits per heavy atom. The molecule has 1 fully saturated rings. The number of benzene rings is 1. The van der Waals surface area contributed by atoms with E-state index in [4.69, 9.17) is 4.74 Å². The number of ether oxygens (including phenoxy) is 1. The molecule has 1 aliphatic carbocycles. The molecule has 106 valence electrons. The van der Waals surface area contributed by atoms with Crippen molar-refractivity contribution in [3.63, 3.8) is 0 Å². The van der Waals surface area contributed by atoms with Gasteiger partial charge in [0.2, 0.25) is 0 Å². The van der Waals surface area contributed by atoms with Crippen LogP contribution in [0.15, 0.2) is 24.3 Å². The fourth-order valence-corrected chi connectivity index (χ4v) is 3.25. The van der Waals surface area contributed by atoms with Gasteiger partial charge in [-0.05, 0) is 55.7 Å². The van der Waals surface area contributed by atoms with Crippen LogP contribution in [0.2, 0.25) is 0 Å². The monoisotopic (exact) mass is 261 g/mol. The lowest BCUT2D eigenvalue weighted by molar-refractivity contribution is 0.238. The molecule has 1 aliphatic rings. The van der Waals surface area contributed by atoms with Gasteiger partial charge < -0.3 is 10.1 Å². The number of hydrogen-bond acceptors (Lipinski definition) is 2. The molecule has 2 heteroatoms. The van der Waals surface area contributed by atoms with Gasteiger partial charge >= 0.3 is 0 Å². The third-order valence-corrected chi connectivity index (χ3v) is 4.01. The summed E-state index contributed by atoms with van der Waals surface area (Å²) in [7, 11) is 0. The van der Waals surface area contributed by atoms with Crippen LogP contribution in [0.1, 0.15) is 45.6 Å². The number of hydrogen-bond donors (Lipinski definition) is 1. The summed E-state index contributed by atoms with van der Waals surface area (Å²) in [5.74, 6) is 2.69. The summed E-state index contributed by atoms with van der Waals surface area (Å²) in [5, 5.41) is 3.71. The average Bonchev–Trinajstić information content (AvgIpc) is 2.37. The summed E-state index contributed by atoms with van der Waals surface area (Å²) >= 11 is 0. The van der Waals surface area contributed by atoms with E-state index in [2.05, 4.69) is 43.4 Å². The predicted molar refractivity (Wildman–Crippen MR) is 80.4 cm³/mol. The summed E-state index contributed by atoms with van der Waals surface area (Å²) < 4.78 is 5.46. The summed E-state index contributed by atoms with van der Waals surface area (Å²) in [6, 6.07) is 9.13. The molecule has 2 unspecified atom stereocenters. The molecule has 0 aliphatic heterocycles. The lowest BCUT2D eigenvalue weighted by Crippen LogP contribution is -2.35. The Bertz CT molecular complexity index is 363. The van der Waals surface area contributed by atoms with Gasteiger partial charge in [0.05, 0.1) is 6.61 Å². The topological polar surface area (TPSA) is 21.3 Å². The van der Waals surface area contributed by atoms with Crippen molar-refractivity contribution in [2.24, 2.45) is 11.8 Å². The van der Waals surface area contributed by atoms with E-state index in [-0.39, 0.29) is 0 Å². The van der Waals surface area contributed by atoms with E-state index in [1.54, 1.807) is 0 Å². The lowest BCUT2D eigenvalue weighted by Gasteiger charge is -2.32. The first-order chi connectivity index (χ1) is 9.17. The first kappa shape index (κ1) is 14.4. The first-order valence-corrected chi connectivity index (χ1v) is 7.62. The summed E-state index contributed by atoms with van der Waals surface area (Å²) in [4.78, 5) is 0. The van der Waals surface area contributed by atoms with E-state index in [1.165, 1.54) is 24.8 Å². The van der Waals surface area contributed by atoms with Crippen molar-refractivity contribution in [1.29, 1.82) is 0 Å². The zero-order chi connectivity index (χ0) is 13.7. The zero-order valence-electron chi connectivity index (χ0n) is 12.5. The van der Waals surface area contributed by atoms with Crippen molar-refractivity contribution < 1.29 is 4.74 Å². The Morgan fingerprint density at radius 1 is 1.05 bits per heavy atom. The minimum atomic E-state index is 0.685. The van der Waals surface area contributed by atoms with Gasteiger partial charge in [0.15, 0.2) is 0 Å². The van der Waals surface area contributed by atoms with Crippen molar-refractivity contribution in [3.8, 4) is 5.75 Å². The average molecular weight is 261 g/mol. The fraction of sp³-hybridized carbons (Fsp3) is 0.647. The second-order valence-electron chi connectivity index (χ2n) is 6.07. The largest absolute Gasteiger partial charge is 0.494 e. The molecule has 0 saturated heterocycles. The maximum atomic E-state index is 5.46. The third kappa shape index (κ3) is 4.54. The summed E-state index contributed by atoms with van der Waals surface area (Å²) in [6.45, 7) is 8.47. The molecule has 0 radical (unpaired) electrons. The molecule has 1 aromatic carbocycles. The van der Waals surface area contributed by atoms with E-state index in [1.807, 2.05) is 6.92 Å². The molecule has 0 heterocycles. The van der Waals surface area contributed by atoms with Crippen LogP contribution in [0, 0.1) is 11.8 Å². The van der Waals surface area contributed by atoms with Crippen molar-refractivity contribution in [2.75, 3.05) is 6.61 Å². The highest BCUT2D eigenvalue weighted by Crippen LogP contribution is 2.28. The Labute approximate surface area is 117 Å². The smallest absolute Gasteiger partial charge is 0.119 e. The molecule has 19 heavy (non-hydrogen) atoms. The number of rotatable bonds is 5. The van der Waals surface area contributed by atoms with Crippen molar-refractivity contribution in [3.05, 3.63) is 29.8 Å². The highest BCUT2D eigenvalue weighted by molar-refractivity contribution is 5.27. The van der Waals surface area contributed by atoms with Gasteiger partial charge in [-0.25, -0.2) is 0 Å². The maximum Gasteiger partial charge on any atom is 0.119 e. The normalized spacial score (nSPS) is 27.2. The number of nitrogens with one attached hydrogen (secondary N) is 1. The molecule has 2 atom stereocenters. The van der Waals surface area contributed by atoms with Crippen LogP contribution in [-0.4, -0.2) is 12.6 Å². The fourth-order valence-electron chi connectivity index (χ4n) is 3.25. The zero-order valence-corrected chi connectivity index (χ0v) is 12.5. The summed E-state index contributed by atoms with van der Waals surface area (Å²) in [5.41, 5.74) is 1.34. The molecule has 0 aromatic heterocycles. The molecular weight excluding hydrogens is 234 g/mol. The van der Waals surface area contributed by atoms with Gasteiger partial charge in [-0.1, -0.05) is 26.0 Å². The minimum Gasteiger partial charge on any atom is -0.494 e. The van der Waals surface area contributed by atoms with Crippen LogP contribution < -0.4 is 10.1 Å². The Morgan fingerprint density at radius 2 is 1.68 bits per heavy atom. The molecular formula is C17H27NO. The molecule has 1 N–H and O–H groups in total. The molecule has 1 aromatic rings. The van der Waals surface area contributed by atoms with Gasteiger partial charge in [-0.2, -0.15) is 0 Å². The van der Waals surface area contributed by atoms with Gasteiger partial charge in [0, 0.05) is 12.6 Å². The van der Waals surface area contributed by atoms with Crippen molar-refractivity contribution >= 4 is 0 Å². The van der Waals surface area contributed by atoms with Gasteiger partial charge in [0.1, 0.15) is 5.75 Å². The highest BCUT2D eigenvalue weighted by atomic mass is 16.5. The van der Waals surface area contributed by atoms with Crippen molar-refractivity contribution in [2.45, 2.75) is 52.6 Å². The first-order valence-electron chi connectivity index (χ1n) is 7.62. The van der Waals surface area contributed by atoms with Crippen LogP contribution in [-0.2, 0) is 6.54 Å². The molecule has 2 nitrogen and oxygen atoms in total. The standard InChI is InChI=1S/C17H27NO/c1-4-19-17-7-5-15(6-8-17)12-18-16-10-13(2)9-14(3)11-16/h5-8,13-14,16,18H,4,9-12H2,1-3H3. The Kier molecular flexibility index (Phi) is 5.26. The second kappa shape index (κ2) is 6.95. The quantitative estimate of drug-likeness (QED) is 0.865. The maximum absolute atomic E-state index is 5.46. The minimum absolute atomic E-state index is 0.685. The van der Waals surface area contributed by atoms with Gasteiger partial charge in [0.25, 0.3) is 0 Å². The van der Waals surface area contributed by atoms with E-state index < -0.39 is 0 Å². The van der Waals surface area contributed by atoms with Crippen LogP contribution >= 0.6 is 0 Å². The van der Waals surface area contributed by atoms with Crippen LogP contribution in [0.4, 0.5) is 0 Å². The van der Waals surface area contributed by atoms with E-state index in [0.29, 0.717) is 6.04 Å². The molecule has 0 bridgehead atoms. The third-order valence-electron chi connectivity index (χ3n) is 4.01. The lowest BCUT2D eigenvalue weighted by atomic mass is 9.80. The molecule has 1 saturated carbocycles. The predicted octanol–water partition coefficient (Wildman–Crippen LogP) is 4.00. The van der Waals surface area contributed by atoms with Gasteiger partial charge in [-0.15, -0.1) is 0 Å². The van der Waals surface area contributed by atoms with E-state index in [0.717, 1.165) is 30.7 Å². The highest BCUT2D eigenvalue weighted by Gasteiger charge is 2.23. The van der Waals surface area contributed by atoms with Crippen LogP contribution in [0.25, 0.3) is 0 Å². The Balaban J connectivity index is 1.81. The molecule has 0 amide bonds. The molecule has 2 rings (SSSR count). The summed E-state index contributed by atoms with van der Waals surface area (Å²) in [6.07, 6.45) is 4.03. The van der Waals surface area contributed by atoms with Gasteiger partial charge in [-0.3, -0.25) is 0 Å². The van der Waals surface area contributed by atoms with E-state index >= 15 is 0 Å². The Hall–Kier alpha value is -1.02. The second-order valence-corrected chi connectivity index (χ2v) is 6.07.